The van der Waals surface area contributed by atoms with Crippen molar-refractivity contribution in [3.8, 4) is 11.3 Å². The maximum atomic E-state index is 11.9. The van der Waals surface area contributed by atoms with E-state index in [2.05, 4.69) is 16.9 Å². The molecule has 1 amide bonds. The first-order valence-corrected chi connectivity index (χ1v) is 8.47. The summed E-state index contributed by atoms with van der Waals surface area (Å²) in [6.07, 6.45) is 3.58. The van der Waals surface area contributed by atoms with Gasteiger partial charge in [0.2, 0.25) is 0 Å². The van der Waals surface area contributed by atoms with Gasteiger partial charge in [0.1, 0.15) is 5.82 Å². The molecule has 0 spiro atoms. The van der Waals surface area contributed by atoms with Crippen LogP contribution in [-0.4, -0.2) is 31.6 Å². The van der Waals surface area contributed by atoms with Crippen LogP contribution in [0.5, 0.6) is 0 Å². The van der Waals surface area contributed by atoms with Gasteiger partial charge in [0.05, 0.1) is 17.9 Å². The quantitative estimate of drug-likeness (QED) is 0.776. The maximum absolute atomic E-state index is 11.9. The molecule has 0 bridgehead atoms. The van der Waals surface area contributed by atoms with E-state index in [1.807, 2.05) is 51.1 Å². The van der Waals surface area contributed by atoms with Gasteiger partial charge < -0.3 is 10.1 Å². The second-order valence-corrected chi connectivity index (χ2v) is 7.03. The molecule has 2 N–H and O–H groups in total. The largest absolute Gasteiger partial charge is 0.465 e. The number of carboxylic acid groups (broad SMARTS) is 1. The van der Waals surface area contributed by atoms with Crippen molar-refractivity contribution in [2.75, 3.05) is 0 Å². The third-order valence-electron chi connectivity index (χ3n) is 4.07. The third kappa shape index (κ3) is 4.16. The van der Waals surface area contributed by atoms with E-state index in [0.717, 1.165) is 30.5 Å². The van der Waals surface area contributed by atoms with Gasteiger partial charge >= 0.3 is 6.09 Å². The number of benzene rings is 1. The summed E-state index contributed by atoms with van der Waals surface area (Å²) in [5, 5.41) is 9.75. The molecule has 1 aromatic heterocycles. The fourth-order valence-electron chi connectivity index (χ4n) is 2.94. The Morgan fingerprint density at radius 2 is 1.96 bits per heavy atom. The summed E-state index contributed by atoms with van der Waals surface area (Å²) >= 11 is 0. The summed E-state index contributed by atoms with van der Waals surface area (Å²) < 4.78 is 0. The summed E-state index contributed by atoms with van der Waals surface area (Å²) in [6, 6.07) is 9.66. The lowest BCUT2D eigenvalue weighted by Crippen LogP contribution is -2.47. The van der Waals surface area contributed by atoms with Crippen molar-refractivity contribution in [2.24, 2.45) is 0 Å². The first-order chi connectivity index (χ1) is 11.3. The van der Waals surface area contributed by atoms with Crippen LogP contribution in [0.15, 0.2) is 36.5 Å². The first kappa shape index (κ1) is 18.0. The van der Waals surface area contributed by atoms with E-state index in [0.29, 0.717) is 5.82 Å². The number of aromatic amines is 1. The zero-order chi connectivity index (χ0) is 17.7. The van der Waals surface area contributed by atoms with Crippen molar-refractivity contribution in [3.63, 3.8) is 0 Å². The number of imidazole rings is 1. The lowest BCUT2D eigenvalue weighted by atomic mass is 9.99. The smallest absolute Gasteiger partial charge is 0.408 e. The molecule has 0 unspecified atom stereocenters. The predicted molar refractivity (Wildman–Crippen MR) is 95.9 cm³/mol. The number of amides is 1. The molecule has 1 heterocycles. The molecule has 0 aliphatic heterocycles. The van der Waals surface area contributed by atoms with Gasteiger partial charge in [-0.15, -0.1) is 0 Å². The highest BCUT2D eigenvalue weighted by Crippen LogP contribution is 2.32. The Bertz CT molecular complexity index is 659. The predicted octanol–water partition coefficient (Wildman–Crippen LogP) is 5.09. The van der Waals surface area contributed by atoms with Crippen LogP contribution >= 0.6 is 0 Å². The van der Waals surface area contributed by atoms with E-state index < -0.39 is 11.6 Å². The highest BCUT2D eigenvalue weighted by Gasteiger charge is 2.35. The van der Waals surface area contributed by atoms with Gasteiger partial charge in [0.15, 0.2) is 0 Å². The lowest BCUT2D eigenvalue weighted by Gasteiger charge is -2.38. The number of unbranched alkanes of at least 4 members (excludes halogenated alkanes) is 1. The minimum atomic E-state index is -0.915. The minimum absolute atomic E-state index is 0.278. The molecular weight excluding hydrogens is 302 g/mol. The SMILES string of the molecule is CCCC[C@H](c1ncc(-c2ccccc2)[nH]1)N(C(=O)O)C(C)(C)C. The van der Waals surface area contributed by atoms with E-state index >= 15 is 0 Å². The number of nitrogens with zero attached hydrogens (tertiary/aromatic N) is 2. The number of aromatic nitrogens is 2. The van der Waals surface area contributed by atoms with Crippen LogP contribution in [0.4, 0.5) is 4.79 Å². The van der Waals surface area contributed by atoms with Gasteiger partial charge in [0.25, 0.3) is 0 Å². The van der Waals surface area contributed by atoms with Crippen molar-refractivity contribution in [2.45, 2.75) is 58.5 Å². The molecule has 2 aromatic rings. The molecule has 0 aliphatic carbocycles. The fraction of sp³-hybridized carbons (Fsp3) is 0.474. The average Bonchev–Trinajstić information content (AvgIpc) is 3.00. The van der Waals surface area contributed by atoms with E-state index in [4.69, 9.17) is 0 Å². The second-order valence-electron chi connectivity index (χ2n) is 7.03. The molecule has 0 fully saturated rings. The first-order valence-electron chi connectivity index (χ1n) is 8.47. The molecule has 5 heteroatoms. The molecular formula is C19H27N3O2. The minimum Gasteiger partial charge on any atom is -0.465 e. The molecule has 0 saturated heterocycles. The van der Waals surface area contributed by atoms with Crippen molar-refractivity contribution in [1.29, 1.82) is 0 Å². The van der Waals surface area contributed by atoms with Crippen molar-refractivity contribution >= 4 is 6.09 Å². The van der Waals surface area contributed by atoms with E-state index in [1.54, 1.807) is 6.20 Å². The molecule has 0 saturated carbocycles. The number of H-pyrrole nitrogens is 1. The highest BCUT2D eigenvalue weighted by atomic mass is 16.4. The highest BCUT2D eigenvalue weighted by molar-refractivity contribution is 5.67. The van der Waals surface area contributed by atoms with Gasteiger partial charge in [-0.2, -0.15) is 0 Å². The maximum Gasteiger partial charge on any atom is 0.408 e. The summed E-state index contributed by atoms with van der Waals surface area (Å²) in [6.45, 7) is 7.86. The van der Waals surface area contributed by atoms with Crippen molar-refractivity contribution in [3.05, 3.63) is 42.4 Å². The van der Waals surface area contributed by atoms with E-state index in [-0.39, 0.29) is 6.04 Å². The van der Waals surface area contributed by atoms with Crippen LogP contribution in [0.1, 0.15) is 58.8 Å². The third-order valence-corrected chi connectivity index (χ3v) is 4.07. The van der Waals surface area contributed by atoms with Crippen LogP contribution in [0.25, 0.3) is 11.3 Å². The number of nitrogens with one attached hydrogen (secondary N) is 1. The Balaban J connectivity index is 2.38. The Labute approximate surface area is 143 Å². The molecule has 24 heavy (non-hydrogen) atoms. The molecule has 1 atom stereocenters. The standard InChI is InChI=1S/C19H27N3O2/c1-5-6-12-16(22(18(23)24)19(2,3)4)17-20-13-15(21-17)14-10-8-7-9-11-14/h7-11,13,16H,5-6,12H2,1-4H3,(H,20,21)(H,23,24)/t16-/m1/s1. The van der Waals surface area contributed by atoms with Gasteiger partial charge in [-0.25, -0.2) is 9.78 Å². The second kappa shape index (κ2) is 7.51. The number of carbonyl (C=O) groups is 1. The number of hydrogen-bond acceptors (Lipinski definition) is 2. The Morgan fingerprint density at radius 3 is 2.50 bits per heavy atom. The van der Waals surface area contributed by atoms with Gasteiger partial charge in [-0.1, -0.05) is 50.1 Å². The zero-order valence-electron chi connectivity index (χ0n) is 14.9. The van der Waals surface area contributed by atoms with Crippen LogP contribution in [0.2, 0.25) is 0 Å². The number of hydrogen-bond donors (Lipinski definition) is 2. The molecule has 1 aromatic carbocycles. The van der Waals surface area contributed by atoms with Crippen LogP contribution in [-0.2, 0) is 0 Å². The normalized spacial score (nSPS) is 12.8. The molecule has 5 nitrogen and oxygen atoms in total. The monoisotopic (exact) mass is 329 g/mol. The van der Waals surface area contributed by atoms with Crippen molar-refractivity contribution < 1.29 is 9.90 Å². The summed E-state index contributed by atoms with van der Waals surface area (Å²) in [5.74, 6) is 0.708. The lowest BCUT2D eigenvalue weighted by molar-refractivity contribution is 0.0632. The fourth-order valence-corrected chi connectivity index (χ4v) is 2.94. The average molecular weight is 329 g/mol. The van der Waals surface area contributed by atoms with E-state index in [9.17, 15) is 9.90 Å². The van der Waals surface area contributed by atoms with Crippen molar-refractivity contribution in [1.82, 2.24) is 14.9 Å². The summed E-state index contributed by atoms with van der Waals surface area (Å²) in [7, 11) is 0. The van der Waals surface area contributed by atoms with Gasteiger partial charge in [0, 0.05) is 5.54 Å². The van der Waals surface area contributed by atoms with E-state index in [1.165, 1.54) is 4.90 Å². The molecule has 0 aliphatic rings. The van der Waals surface area contributed by atoms with Crippen LogP contribution in [0, 0.1) is 0 Å². The van der Waals surface area contributed by atoms with Crippen LogP contribution in [0.3, 0.4) is 0 Å². The zero-order valence-corrected chi connectivity index (χ0v) is 14.9. The summed E-state index contributed by atoms with van der Waals surface area (Å²) in [4.78, 5) is 21.2. The van der Waals surface area contributed by atoms with Gasteiger partial charge in [-0.05, 0) is 32.8 Å². The number of rotatable bonds is 6. The summed E-state index contributed by atoms with van der Waals surface area (Å²) in [5.41, 5.74) is 1.46. The Kier molecular flexibility index (Phi) is 5.65. The molecule has 2 rings (SSSR count). The Morgan fingerprint density at radius 1 is 1.29 bits per heavy atom. The Hall–Kier alpha value is -2.30. The molecule has 130 valence electrons. The van der Waals surface area contributed by atoms with Gasteiger partial charge in [-0.3, -0.25) is 4.90 Å². The van der Waals surface area contributed by atoms with Crippen LogP contribution < -0.4 is 0 Å². The molecule has 0 radical (unpaired) electrons. The topological polar surface area (TPSA) is 69.2 Å².